The minimum absolute atomic E-state index is 0.124. The Labute approximate surface area is 125 Å². The van der Waals surface area contributed by atoms with Crippen molar-refractivity contribution in [3.05, 3.63) is 70.8 Å². The Kier molecular flexibility index (Phi) is 3.74. The molecule has 2 atom stereocenters. The average Bonchev–Trinajstić information content (AvgIpc) is 2.85. The average molecular weight is 277 g/mol. The molecule has 1 aliphatic rings. The lowest BCUT2D eigenvalue weighted by atomic mass is 10.1. The summed E-state index contributed by atoms with van der Waals surface area (Å²) in [6.07, 6.45) is 0.952. The minimum atomic E-state index is 0.124. The van der Waals surface area contributed by atoms with Crippen molar-refractivity contribution in [3.63, 3.8) is 0 Å². The van der Waals surface area contributed by atoms with Gasteiger partial charge in [0.15, 0.2) is 0 Å². The molecule has 0 saturated carbocycles. The summed E-state index contributed by atoms with van der Waals surface area (Å²) >= 11 is 0. The monoisotopic (exact) mass is 277 g/mol. The Bertz CT molecular complexity index is 687. The largest absolute Gasteiger partial charge is 0.324 e. The van der Waals surface area contributed by atoms with Gasteiger partial charge in [-0.3, -0.25) is 4.90 Å². The summed E-state index contributed by atoms with van der Waals surface area (Å²) in [5.74, 6) is 0. The molecule has 21 heavy (non-hydrogen) atoms. The third-order valence-electron chi connectivity index (χ3n) is 4.25. The molecule has 0 fully saturated rings. The van der Waals surface area contributed by atoms with Crippen LogP contribution in [0, 0.1) is 11.3 Å². The van der Waals surface area contributed by atoms with Gasteiger partial charge in [0.2, 0.25) is 0 Å². The van der Waals surface area contributed by atoms with E-state index in [9.17, 15) is 0 Å². The zero-order valence-electron chi connectivity index (χ0n) is 12.2. The molecule has 3 rings (SSSR count). The van der Waals surface area contributed by atoms with E-state index in [2.05, 4.69) is 48.3 Å². The fraction of sp³-hybridized carbons (Fsp3) is 0.278. The standard InChI is InChI=1S/C18H19N3/c1-21(12-14-6-4-5-13(9-14)11-19)18-10-17(20)15-7-2-3-8-16(15)18/h2-9,17-18H,10,12,20H2,1H3. The summed E-state index contributed by atoms with van der Waals surface area (Å²) in [7, 11) is 2.12. The molecule has 3 heteroatoms. The van der Waals surface area contributed by atoms with Gasteiger partial charge in [-0.15, -0.1) is 0 Å². The Morgan fingerprint density at radius 3 is 2.71 bits per heavy atom. The van der Waals surface area contributed by atoms with Crippen molar-refractivity contribution in [2.75, 3.05) is 7.05 Å². The second-order valence-electron chi connectivity index (χ2n) is 5.71. The molecule has 1 aliphatic carbocycles. The first-order valence-electron chi connectivity index (χ1n) is 7.22. The van der Waals surface area contributed by atoms with Crippen LogP contribution in [0.1, 0.15) is 40.8 Å². The van der Waals surface area contributed by atoms with Crippen LogP contribution in [-0.2, 0) is 6.54 Å². The smallest absolute Gasteiger partial charge is 0.0991 e. The Morgan fingerprint density at radius 2 is 1.95 bits per heavy atom. The first-order valence-corrected chi connectivity index (χ1v) is 7.22. The normalized spacial score (nSPS) is 20.3. The highest BCUT2D eigenvalue weighted by molar-refractivity contribution is 5.38. The first-order chi connectivity index (χ1) is 10.2. The van der Waals surface area contributed by atoms with Gasteiger partial charge in [0, 0.05) is 18.6 Å². The van der Waals surface area contributed by atoms with Gasteiger partial charge >= 0.3 is 0 Å². The number of nitriles is 1. The van der Waals surface area contributed by atoms with E-state index in [0.29, 0.717) is 11.6 Å². The van der Waals surface area contributed by atoms with Crippen molar-refractivity contribution in [3.8, 4) is 6.07 Å². The van der Waals surface area contributed by atoms with Crippen LogP contribution in [0.4, 0.5) is 0 Å². The second-order valence-corrected chi connectivity index (χ2v) is 5.71. The minimum Gasteiger partial charge on any atom is -0.324 e. The van der Waals surface area contributed by atoms with Crippen LogP contribution in [0.3, 0.4) is 0 Å². The summed E-state index contributed by atoms with van der Waals surface area (Å²) < 4.78 is 0. The number of nitrogens with two attached hydrogens (primary N) is 1. The van der Waals surface area contributed by atoms with E-state index < -0.39 is 0 Å². The molecule has 0 spiro atoms. The molecule has 106 valence electrons. The van der Waals surface area contributed by atoms with Crippen molar-refractivity contribution in [1.29, 1.82) is 5.26 Å². The van der Waals surface area contributed by atoms with Crippen LogP contribution < -0.4 is 5.73 Å². The number of hydrogen-bond acceptors (Lipinski definition) is 3. The molecule has 0 aliphatic heterocycles. The van der Waals surface area contributed by atoms with E-state index >= 15 is 0 Å². The molecule has 2 N–H and O–H groups in total. The number of benzene rings is 2. The van der Waals surface area contributed by atoms with Crippen molar-refractivity contribution in [2.45, 2.75) is 25.0 Å². The molecule has 0 heterocycles. The van der Waals surface area contributed by atoms with Gasteiger partial charge < -0.3 is 5.73 Å². The van der Waals surface area contributed by atoms with Crippen molar-refractivity contribution < 1.29 is 0 Å². The van der Waals surface area contributed by atoms with Crippen LogP contribution in [0.5, 0.6) is 0 Å². The highest BCUT2D eigenvalue weighted by Crippen LogP contribution is 2.40. The predicted molar refractivity (Wildman–Crippen MR) is 83.4 cm³/mol. The summed E-state index contributed by atoms with van der Waals surface area (Å²) in [6.45, 7) is 0.821. The maximum absolute atomic E-state index is 8.99. The van der Waals surface area contributed by atoms with Crippen molar-refractivity contribution >= 4 is 0 Å². The maximum Gasteiger partial charge on any atom is 0.0991 e. The molecule has 2 aromatic rings. The van der Waals surface area contributed by atoms with Gasteiger partial charge in [0.1, 0.15) is 0 Å². The van der Waals surface area contributed by atoms with Crippen LogP contribution in [-0.4, -0.2) is 11.9 Å². The lowest BCUT2D eigenvalue weighted by Crippen LogP contribution is -2.23. The van der Waals surface area contributed by atoms with Gasteiger partial charge in [0.05, 0.1) is 11.6 Å². The molecule has 0 amide bonds. The molecule has 3 nitrogen and oxygen atoms in total. The Balaban J connectivity index is 1.80. The van der Waals surface area contributed by atoms with Gasteiger partial charge in [-0.2, -0.15) is 5.26 Å². The molecule has 0 saturated heterocycles. The third kappa shape index (κ3) is 2.69. The van der Waals surface area contributed by atoms with Crippen LogP contribution >= 0.6 is 0 Å². The Hall–Kier alpha value is -2.15. The lowest BCUT2D eigenvalue weighted by molar-refractivity contribution is 0.229. The van der Waals surface area contributed by atoms with E-state index in [-0.39, 0.29) is 6.04 Å². The molecule has 0 bridgehead atoms. The molecule has 2 aromatic carbocycles. The summed E-state index contributed by atoms with van der Waals surface area (Å²) in [4.78, 5) is 2.32. The van der Waals surface area contributed by atoms with E-state index in [1.807, 2.05) is 18.2 Å². The fourth-order valence-corrected chi connectivity index (χ4v) is 3.20. The van der Waals surface area contributed by atoms with Crippen LogP contribution in [0.2, 0.25) is 0 Å². The molecule has 2 unspecified atom stereocenters. The lowest BCUT2D eigenvalue weighted by Gasteiger charge is -2.25. The predicted octanol–water partition coefficient (Wildman–Crippen LogP) is 3.13. The number of hydrogen-bond donors (Lipinski definition) is 1. The van der Waals surface area contributed by atoms with Gasteiger partial charge in [-0.05, 0) is 42.3 Å². The quantitative estimate of drug-likeness (QED) is 0.937. The fourth-order valence-electron chi connectivity index (χ4n) is 3.20. The zero-order valence-corrected chi connectivity index (χ0v) is 12.2. The zero-order chi connectivity index (χ0) is 14.8. The maximum atomic E-state index is 8.99. The van der Waals surface area contributed by atoms with E-state index in [4.69, 9.17) is 11.0 Å². The van der Waals surface area contributed by atoms with Crippen molar-refractivity contribution in [1.82, 2.24) is 4.90 Å². The molecule has 0 aromatic heterocycles. The molecular weight excluding hydrogens is 258 g/mol. The van der Waals surface area contributed by atoms with Gasteiger partial charge in [0.25, 0.3) is 0 Å². The van der Waals surface area contributed by atoms with Crippen molar-refractivity contribution in [2.24, 2.45) is 5.73 Å². The van der Waals surface area contributed by atoms with Gasteiger partial charge in [-0.25, -0.2) is 0 Å². The van der Waals surface area contributed by atoms with E-state index in [1.54, 1.807) is 0 Å². The number of nitrogens with zero attached hydrogens (tertiary/aromatic N) is 2. The van der Waals surface area contributed by atoms with E-state index in [0.717, 1.165) is 18.5 Å². The summed E-state index contributed by atoms with van der Waals surface area (Å²) in [5.41, 5.74) is 10.7. The van der Waals surface area contributed by atoms with Gasteiger partial charge in [-0.1, -0.05) is 36.4 Å². The molecule has 0 radical (unpaired) electrons. The first kappa shape index (κ1) is 13.8. The van der Waals surface area contributed by atoms with Crippen LogP contribution in [0.15, 0.2) is 48.5 Å². The highest BCUT2D eigenvalue weighted by Gasteiger charge is 2.30. The summed E-state index contributed by atoms with van der Waals surface area (Å²) in [6, 6.07) is 18.9. The number of rotatable bonds is 3. The number of fused-ring (bicyclic) bond motifs is 1. The Morgan fingerprint density at radius 1 is 1.19 bits per heavy atom. The SMILES string of the molecule is CN(Cc1cccc(C#N)c1)C1CC(N)c2ccccc21. The molecular formula is C18H19N3. The second kappa shape index (κ2) is 5.69. The van der Waals surface area contributed by atoms with Crippen LogP contribution in [0.25, 0.3) is 0 Å². The summed E-state index contributed by atoms with van der Waals surface area (Å²) in [5, 5.41) is 8.99. The topological polar surface area (TPSA) is 53.0 Å². The highest BCUT2D eigenvalue weighted by atomic mass is 15.1. The third-order valence-corrected chi connectivity index (χ3v) is 4.25. The van der Waals surface area contributed by atoms with E-state index in [1.165, 1.54) is 11.1 Å².